The predicted octanol–water partition coefficient (Wildman–Crippen LogP) is 2.46. The number of hydrogen-bond acceptors (Lipinski definition) is 3. The molecule has 0 saturated carbocycles. The Morgan fingerprint density at radius 3 is 2.69 bits per heavy atom. The van der Waals surface area contributed by atoms with Crippen LogP contribution in [0, 0.1) is 0 Å². The van der Waals surface area contributed by atoms with Gasteiger partial charge in [-0.05, 0) is 28.1 Å². The smallest absolute Gasteiger partial charge is 0.230 e. The molecule has 82 valence electrons. The van der Waals surface area contributed by atoms with Crippen molar-refractivity contribution >= 4 is 33.3 Å². The Hall–Kier alpha value is -1.20. The van der Waals surface area contributed by atoms with Gasteiger partial charge in [-0.1, -0.05) is 11.6 Å². The van der Waals surface area contributed by atoms with E-state index in [0.29, 0.717) is 16.4 Å². The third-order valence-electron chi connectivity index (χ3n) is 2.07. The minimum Gasteiger partial charge on any atom is -0.285 e. The normalized spacial score (nSPS) is 10.4. The van der Waals surface area contributed by atoms with Gasteiger partial charge in [0.1, 0.15) is 11.4 Å². The average molecular weight is 301 g/mol. The molecule has 0 fully saturated rings. The van der Waals surface area contributed by atoms with E-state index in [1.165, 1.54) is 10.9 Å². The van der Waals surface area contributed by atoms with Crippen LogP contribution in [0.15, 0.2) is 29.0 Å². The summed E-state index contributed by atoms with van der Waals surface area (Å²) < 4.78 is 2.26. The molecule has 0 aliphatic heterocycles. The van der Waals surface area contributed by atoms with E-state index >= 15 is 0 Å². The first-order valence-electron chi connectivity index (χ1n) is 4.43. The molecule has 2 rings (SSSR count). The Bertz CT molecular complexity index is 516. The second-order valence-corrected chi connectivity index (χ2v) is 4.48. The molecule has 2 aromatic heterocycles. The van der Waals surface area contributed by atoms with Crippen molar-refractivity contribution in [3.8, 4) is 0 Å². The van der Waals surface area contributed by atoms with Crippen molar-refractivity contribution in [2.24, 2.45) is 7.05 Å². The number of ketones is 1. The number of aromatic nitrogens is 3. The Kier molecular flexibility index (Phi) is 3.07. The summed E-state index contributed by atoms with van der Waals surface area (Å²) in [7, 11) is 1.66. The first kappa shape index (κ1) is 11.3. The van der Waals surface area contributed by atoms with Crippen LogP contribution >= 0.6 is 27.5 Å². The molecule has 16 heavy (non-hydrogen) atoms. The first-order chi connectivity index (χ1) is 7.59. The Labute approximate surface area is 105 Å². The minimum absolute atomic E-state index is 0.238. The lowest BCUT2D eigenvalue weighted by Gasteiger charge is -2.01. The highest BCUT2D eigenvalue weighted by atomic mass is 79.9. The largest absolute Gasteiger partial charge is 0.285 e. The standard InChI is InChI=1S/C10H7BrClN3O/c1-15-9(7(12)5-14-15)10(16)8-3-2-6(11)4-13-8/h2-5H,1H3. The fraction of sp³-hybridized carbons (Fsp3) is 0.100. The molecule has 0 unspecified atom stereocenters. The predicted molar refractivity (Wildman–Crippen MR) is 63.6 cm³/mol. The lowest BCUT2D eigenvalue weighted by molar-refractivity contribution is 0.102. The highest BCUT2D eigenvalue weighted by molar-refractivity contribution is 9.10. The molecule has 6 heteroatoms. The second kappa shape index (κ2) is 4.35. The molecule has 4 nitrogen and oxygen atoms in total. The Balaban J connectivity index is 2.43. The number of hydrogen-bond donors (Lipinski definition) is 0. The van der Waals surface area contributed by atoms with Crippen LogP contribution in [0.2, 0.25) is 5.02 Å². The molecular formula is C10H7BrClN3O. The quantitative estimate of drug-likeness (QED) is 0.801. The Morgan fingerprint density at radius 1 is 1.44 bits per heavy atom. The second-order valence-electron chi connectivity index (χ2n) is 3.16. The van der Waals surface area contributed by atoms with Gasteiger partial charge in [-0.2, -0.15) is 5.10 Å². The van der Waals surface area contributed by atoms with Gasteiger partial charge in [0.05, 0.1) is 11.2 Å². The summed E-state index contributed by atoms with van der Waals surface area (Å²) in [6.07, 6.45) is 3.01. The number of rotatable bonds is 2. The monoisotopic (exact) mass is 299 g/mol. The summed E-state index contributed by atoms with van der Waals surface area (Å²) in [6, 6.07) is 3.39. The van der Waals surface area contributed by atoms with E-state index in [2.05, 4.69) is 26.0 Å². The third kappa shape index (κ3) is 2.01. The number of carbonyl (C=O) groups excluding carboxylic acids is 1. The number of pyridine rings is 1. The topological polar surface area (TPSA) is 47.8 Å². The van der Waals surface area contributed by atoms with Crippen molar-refractivity contribution in [1.82, 2.24) is 14.8 Å². The zero-order valence-electron chi connectivity index (χ0n) is 8.32. The van der Waals surface area contributed by atoms with E-state index in [4.69, 9.17) is 11.6 Å². The molecule has 0 aliphatic rings. The molecule has 0 radical (unpaired) electrons. The van der Waals surface area contributed by atoms with Crippen LogP contribution in [0.25, 0.3) is 0 Å². The van der Waals surface area contributed by atoms with Gasteiger partial charge in [-0.25, -0.2) is 0 Å². The van der Waals surface area contributed by atoms with E-state index < -0.39 is 0 Å². The summed E-state index contributed by atoms with van der Waals surface area (Å²) in [4.78, 5) is 16.1. The lowest BCUT2D eigenvalue weighted by Crippen LogP contribution is -2.10. The summed E-state index contributed by atoms with van der Waals surface area (Å²) in [6.45, 7) is 0. The highest BCUT2D eigenvalue weighted by Gasteiger charge is 2.18. The molecule has 0 aliphatic carbocycles. The van der Waals surface area contributed by atoms with Gasteiger partial charge >= 0.3 is 0 Å². The zero-order chi connectivity index (χ0) is 11.7. The van der Waals surface area contributed by atoms with Crippen LogP contribution < -0.4 is 0 Å². The maximum Gasteiger partial charge on any atom is 0.230 e. The molecule has 0 bridgehead atoms. The number of aryl methyl sites for hydroxylation is 1. The average Bonchev–Trinajstić information content (AvgIpc) is 2.59. The fourth-order valence-corrected chi connectivity index (χ4v) is 1.78. The van der Waals surface area contributed by atoms with Crippen molar-refractivity contribution in [1.29, 1.82) is 0 Å². The molecule has 2 heterocycles. The molecule has 2 aromatic rings. The van der Waals surface area contributed by atoms with Gasteiger partial charge < -0.3 is 0 Å². The van der Waals surface area contributed by atoms with Crippen LogP contribution in [0.5, 0.6) is 0 Å². The van der Waals surface area contributed by atoms with E-state index in [0.717, 1.165) is 4.47 Å². The van der Waals surface area contributed by atoms with Crippen LogP contribution in [0.1, 0.15) is 16.2 Å². The van der Waals surface area contributed by atoms with Crippen LogP contribution in [0.3, 0.4) is 0 Å². The van der Waals surface area contributed by atoms with E-state index in [9.17, 15) is 4.79 Å². The molecule has 0 saturated heterocycles. The van der Waals surface area contributed by atoms with Crippen LogP contribution in [-0.4, -0.2) is 20.5 Å². The third-order valence-corrected chi connectivity index (χ3v) is 2.81. The summed E-state index contributed by atoms with van der Waals surface area (Å²) in [5, 5.41) is 4.24. The molecule has 0 amide bonds. The van der Waals surface area contributed by atoms with E-state index in [1.807, 2.05) is 0 Å². The molecule has 0 atom stereocenters. The zero-order valence-corrected chi connectivity index (χ0v) is 10.7. The number of nitrogens with zero attached hydrogens (tertiary/aromatic N) is 3. The van der Waals surface area contributed by atoms with Gasteiger partial charge in [-0.3, -0.25) is 14.5 Å². The highest BCUT2D eigenvalue weighted by Crippen LogP contribution is 2.18. The van der Waals surface area contributed by atoms with Crippen molar-refractivity contribution < 1.29 is 4.79 Å². The van der Waals surface area contributed by atoms with Crippen molar-refractivity contribution in [3.63, 3.8) is 0 Å². The Morgan fingerprint density at radius 2 is 2.19 bits per heavy atom. The number of halogens is 2. The number of carbonyl (C=O) groups is 1. The minimum atomic E-state index is -0.238. The van der Waals surface area contributed by atoms with Gasteiger partial charge in [0.2, 0.25) is 5.78 Å². The van der Waals surface area contributed by atoms with E-state index in [1.54, 1.807) is 25.4 Å². The van der Waals surface area contributed by atoms with Crippen LogP contribution in [-0.2, 0) is 7.05 Å². The summed E-state index contributed by atoms with van der Waals surface area (Å²) >= 11 is 9.13. The van der Waals surface area contributed by atoms with Gasteiger partial charge in [0, 0.05) is 17.7 Å². The first-order valence-corrected chi connectivity index (χ1v) is 5.60. The maximum atomic E-state index is 12.0. The van der Waals surface area contributed by atoms with Gasteiger partial charge in [0.25, 0.3) is 0 Å². The SMILES string of the molecule is Cn1ncc(Cl)c1C(=O)c1ccc(Br)cn1. The van der Waals surface area contributed by atoms with Crippen molar-refractivity contribution in [2.45, 2.75) is 0 Å². The van der Waals surface area contributed by atoms with Gasteiger partial charge in [-0.15, -0.1) is 0 Å². The molecule has 0 spiro atoms. The van der Waals surface area contributed by atoms with Crippen molar-refractivity contribution in [3.05, 3.63) is 45.4 Å². The maximum absolute atomic E-state index is 12.0. The lowest BCUT2D eigenvalue weighted by atomic mass is 10.2. The molecular weight excluding hydrogens is 293 g/mol. The fourth-order valence-electron chi connectivity index (χ4n) is 1.30. The van der Waals surface area contributed by atoms with E-state index in [-0.39, 0.29) is 5.78 Å². The summed E-state index contributed by atoms with van der Waals surface area (Å²) in [5.41, 5.74) is 0.685. The van der Waals surface area contributed by atoms with Gasteiger partial charge in [0.15, 0.2) is 0 Å². The summed E-state index contributed by atoms with van der Waals surface area (Å²) in [5.74, 6) is -0.238. The molecule has 0 N–H and O–H groups in total. The molecule has 0 aromatic carbocycles. The van der Waals surface area contributed by atoms with Crippen LogP contribution in [0.4, 0.5) is 0 Å². The van der Waals surface area contributed by atoms with Crippen molar-refractivity contribution in [2.75, 3.05) is 0 Å².